The van der Waals surface area contributed by atoms with Gasteiger partial charge in [0.15, 0.2) is 0 Å². The lowest BCUT2D eigenvalue weighted by Gasteiger charge is -2.27. The Kier molecular flexibility index (Phi) is 4.14. The fourth-order valence-electron chi connectivity index (χ4n) is 1.86. The third kappa shape index (κ3) is 4.20. The minimum atomic E-state index is -0.0566. The monoisotopic (exact) mass is 212 g/mol. The van der Waals surface area contributed by atoms with Gasteiger partial charge in [0.2, 0.25) is 5.91 Å². The van der Waals surface area contributed by atoms with Crippen molar-refractivity contribution in [1.82, 2.24) is 5.32 Å². The minimum Gasteiger partial charge on any atom is -0.353 e. The molecule has 3 nitrogen and oxygen atoms in total. The van der Waals surface area contributed by atoms with Crippen LogP contribution in [0, 0.1) is 5.41 Å². The van der Waals surface area contributed by atoms with Crippen molar-refractivity contribution in [3.63, 3.8) is 0 Å². The van der Waals surface area contributed by atoms with Crippen molar-refractivity contribution >= 4 is 5.91 Å². The maximum Gasteiger partial charge on any atom is 0.221 e. The van der Waals surface area contributed by atoms with Crippen LogP contribution in [0.3, 0.4) is 0 Å². The molecular weight excluding hydrogens is 188 g/mol. The van der Waals surface area contributed by atoms with E-state index in [-0.39, 0.29) is 17.4 Å². The molecule has 0 radical (unpaired) electrons. The van der Waals surface area contributed by atoms with Crippen LogP contribution < -0.4 is 11.1 Å². The Hall–Kier alpha value is -0.570. The summed E-state index contributed by atoms with van der Waals surface area (Å²) in [6, 6.07) is 0.351. The molecule has 1 aliphatic rings. The largest absolute Gasteiger partial charge is 0.353 e. The van der Waals surface area contributed by atoms with E-state index in [4.69, 9.17) is 5.73 Å². The average molecular weight is 212 g/mol. The van der Waals surface area contributed by atoms with Crippen LogP contribution in [0.1, 0.15) is 52.9 Å². The van der Waals surface area contributed by atoms with Crippen molar-refractivity contribution in [2.45, 2.75) is 65.0 Å². The van der Waals surface area contributed by atoms with E-state index in [9.17, 15) is 4.79 Å². The van der Waals surface area contributed by atoms with Crippen LogP contribution in [0.4, 0.5) is 0 Å². The summed E-state index contributed by atoms with van der Waals surface area (Å²) < 4.78 is 0. The average Bonchev–Trinajstić information content (AvgIpc) is 2.54. The molecule has 15 heavy (non-hydrogen) atoms. The van der Waals surface area contributed by atoms with Crippen LogP contribution >= 0.6 is 0 Å². The maximum absolute atomic E-state index is 11.7. The molecule has 0 aromatic carbocycles. The van der Waals surface area contributed by atoms with E-state index in [0.717, 1.165) is 12.8 Å². The maximum atomic E-state index is 11.7. The highest BCUT2D eigenvalue weighted by Crippen LogP contribution is 2.21. The molecule has 0 spiro atoms. The van der Waals surface area contributed by atoms with E-state index in [0.29, 0.717) is 12.5 Å². The van der Waals surface area contributed by atoms with Crippen LogP contribution in [0.2, 0.25) is 0 Å². The second-order valence-corrected chi connectivity index (χ2v) is 5.73. The Morgan fingerprint density at radius 1 is 1.40 bits per heavy atom. The molecule has 0 aromatic heterocycles. The van der Waals surface area contributed by atoms with E-state index >= 15 is 0 Å². The van der Waals surface area contributed by atoms with Gasteiger partial charge in [-0.05, 0) is 18.3 Å². The van der Waals surface area contributed by atoms with Gasteiger partial charge in [-0.1, -0.05) is 33.6 Å². The number of nitrogens with one attached hydrogen (secondary N) is 1. The first-order chi connectivity index (χ1) is 6.89. The summed E-state index contributed by atoms with van der Waals surface area (Å²) in [5.41, 5.74) is 5.97. The minimum absolute atomic E-state index is 0.00696. The molecule has 1 saturated carbocycles. The molecule has 88 valence electrons. The number of carbonyl (C=O) groups is 1. The van der Waals surface area contributed by atoms with Crippen molar-refractivity contribution in [2.24, 2.45) is 11.1 Å². The predicted molar refractivity (Wildman–Crippen MR) is 62.4 cm³/mol. The van der Waals surface area contributed by atoms with Crippen LogP contribution in [-0.4, -0.2) is 18.0 Å². The summed E-state index contributed by atoms with van der Waals surface area (Å²) >= 11 is 0. The standard InChI is InChI=1S/C12H24N2O/c1-12(2,3)10(13)8-11(15)14-9-6-4-5-7-9/h9-10H,4-8,13H2,1-3H3,(H,14,15). The van der Waals surface area contributed by atoms with Gasteiger partial charge in [-0.3, -0.25) is 4.79 Å². The second-order valence-electron chi connectivity index (χ2n) is 5.73. The molecule has 3 heteroatoms. The van der Waals surface area contributed by atoms with Crippen molar-refractivity contribution in [3.8, 4) is 0 Å². The van der Waals surface area contributed by atoms with Gasteiger partial charge in [-0.2, -0.15) is 0 Å². The first-order valence-corrected chi connectivity index (χ1v) is 5.94. The molecule has 1 atom stereocenters. The zero-order chi connectivity index (χ0) is 11.5. The van der Waals surface area contributed by atoms with Crippen molar-refractivity contribution in [3.05, 3.63) is 0 Å². The Balaban J connectivity index is 2.29. The number of nitrogens with two attached hydrogens (primary N) is 1. The highest BCUT2D eigenvalue weighted by molar-refractivity contribution is 5.77. The molecule has 0 aromatic rings. The van der Waals surface area contributed by atoms with Gasteiger partial charge in [-0.15, -0.1) is 0 Å². The molecular formula is C12H24N2O. The van der Waals surface area contributed by atoms with Crippen LogP contribution in [0.15, 0.2) is 0 Å². The van der Waals surface area contributed by atoms with E-state index in [2.05, 4.69) is 26.1 Å². The van der Waals surface area contributed by atoms with Crippen molar-refractivity contribution in [1.29, 1.82) is 0 Å². The summed E-state index contributed by atoms with van der Waals surface area (Å²) in [6.07, 6.45) is 5.21. The van der Waals surface area contributed by atoms with Gasteiger partial charge in [0.25, 0.3) is 0 Å². The van der Waals surface area contributed by atoms with Gasteiger partial charge in [0.05, 0.1) is 0 Å². The smallest absolute Gasteiger partial charge is 0.221 e. The zero-order valence-electron chi connectivity index (χ0n) is 10.2. The Morgan fingerprint density at radius 3 is 2.40 bits per heavy atom. The number of carbonyl (C=O) groups excluding carboxylic acids is 1. The molecule has 1 unspecified atom stereocenters. The van der Waals surface area contributed by atoms with Gasteiger partial charge >= 0.3 is 0 Å². The van der Waals surface area contributed by atoms with Crippen LogP contribution in [0.5, 0.6) is 0 Å². The van der Waals surface area contributed by atoms with E-state index in [1.807, 2.05) is 0 Å². The van der Waals surface area contributed by atoms with Gasteiger partial charge < -0.3 is 11.1 Å². The summed E-state index contributed by atoms with van der Waals surface area (Å²) in [6.45, 7) is 6.21. The van der Waals surface area contributed by atoms with Gasteiger partial charge in [-0.25, -0.2) is 0 Å². The van der Waals surface area contributed by atoms with E-state index in [1.54, 1.807) is 0 Å². The highest BCUT2D eigenvalue weighted by atomic mass is 16.1. The SMILES string of the molecule is CC(C)(C)C(N)CC(=O)NC1CCCC1. The second kappa shape index (κ2) is 4.97. The third-order valence-corrected chi connectivity index (χ3v) is 3.24. The Morgan fingerprint density at radius 2 is 1.93 bits per heavy atom. The molecule has 1 rings (SSSR count). The number of hydrogen-bond acceptors (Lipinski definition) is 2. The molecule has 0 bridgehead atoms. The molecule has 0 saturated heterocycles. The Bertz CT molecular complexity index is 214. The first kappa shape index (κ1) is 12.5. The third-order valence-electron chi connectivity index (χ3n) is 3.24. The topological polar surface area (TPSA) is 55.1 Å². The molecule has 0 heterocycles. The number of hydrogen-bond donors (Lipinski definition) is 2. The van der Waals surface area contributed by atoms with Crippen molar-refractivity contribution in [2.75, 3.05) is 0 Å². The van der Waals surface area contributed by atoms with E-state index in [1.165, 1.54) is 12.8 Å². The first-order valence-electron chi connectivity index (χ1n) is 5.94. The fourth-order valence-corrected chi connectivity index (χ4v) is 1.86. The lowest BCUT2D eigenvalue weighted by molar-refractivity contribution is -0.122. The van der Waals surface area contributed by atoms with Crippen LogP contribution in [0.25, 0.3) is 0 Å². The molecule has 1 fully saturated rings. The van der Waals surface area contributed by atoms with Gasteiger partial charge in [0, 0.05) is 18.5 Å². The Labute approximate surface area is 92.8 Å². The zero-order valence-corrected chi connectivity index (χ0v) is 10.2. The normalized spacial score (nSPS) is 20.3. The molecule has 0 aliphatic heterocycles. The summed E-state index contributed by atoms with van der Waals surface area (Å²) in [5.74, 6) is 0.115. The van der Waals surface area contributed by atoms with Gasteiger partial charge in [0.1, 0.15) is 0 Å². The van der Waals surface area contributed by atoms with Crippen molar-refractivity contribution < 1.29 is 4.79 Å². The van der Waals surface area contributed by atoms with E-state index < -0.39 is 0 Å². The quantitative estimate of drug-likeness (QED) is 0.749. The van der Waals surface area contributed by atoms with Crippen LogP contribution in [-0.2, 0) is 4.79 Å². The molecule has 1 aliphatic carbocycles. The highest BCUT2D eigenvalue weighted by Gasteiger charge is 2.24. The predicted octanol–water partition coefficient (Wildman–Crippen LogP) is 1.81. The molecule has 3 N–H and O–H groups in total. The lowest BCUT2D eigenvalue weighted by Crippen LogP contribution is -2.42. The summed E-state index contributed by atoms with van der Waals surface area (Å²) in [5, 5.41) is 3.06. The summed E-state index contributed by atoms with van der Waals surface area (Å²) in [7, 11) is 0. The molecule has 1 amide bonds. The number of rotatable bonds is 3. The fraction of sp³-hybridized carbons (Fsp3) is 0.917. The number of amides is 1. The summed E-state index contributed by atoms with van der Waals surface area (Å²) in [4.78, 5) is 11.7. The lowest BCUT2D eigenvalue weighted by atomic mass is 9.85.